The van der Waals surface area contributed by atoms with Crippen molar-refractivity contribution in [2.45, 2.75) is 32.2 Å². The van der Waals surface area contributed by atoms with Crippen molar-refractivity contribution in [2.24, 2.45) is 5.41 Å². The van der Waals surface area contributed by atoms with E-state index in [0.29, 0.717) is 5.41 Å². The highest BCUT2D eigenvalue weighted by Gasteiger charge is 2.40. The first-order valence-corrected chi connectivity index (χ1v) is 5.13. The van der Waals surface area contributed by atoms with Gasteiger partial charge in [0.2, 0.25) is 0 Å². The molecular weight excluding hydrogens is 148 g/mol. The van der Waals surface area contributed by atoms with Crippen LogP contribution in [0.25, 0.3) is 0 Å². The number of nitrogens with zero attached hydrogens (tertiary/aromatic N) is 1. The van der Waals surface area contributed by atoms with E-state index in [2.05, 4.69) is 24.2 Å². The van der Waals surface area contributed by atoms with Crippen molar-refractivity contribution in [3.63, 3.8) is 0 Å². The highest BCUT2D eigenvalue weighted by Crippen LogP contribution is 2.36. The molecule has 1 N–H and O–H groups in total. The van der Waals surface area contributed by atoms with Crippen LogP contribution in [0.2, 0.25) is 0 Å². The van der Waals surface area contributed by atoms with Crippen LogP contribution in [0.4, 0.5) is 0 Å². The molecule has 2 heterocycles. The van der Waals surface area contributed by atoms with E-state index in [1.807, 2.05) is 0 Å². The van der Waals surface area contributed by atoms with Crippen LogP contribution in [0.5, 0.6) is 0 Å². The molecule has 0 spiro atoms. The SMILES string of the molecule is CN1CCC[C@H]1[C@]1(C)CCNC1. The quantitative estimate of drug-likeness (QED) is 0.630. The van der Waals surface area contributed by atoms with Crippen LogP contribution in [0.1, 0.15) is 26.2 Å². The molecule has 0 aliphatic carbocycles. The summed E-state index contributed by atoms with van der Waals surface area (Å²) in [7, 11) is 2.28. The molecule has 2 aliphatic rings. The number of hydrogen-bond acceptors (Lipinski definition) is 2. The third kappa shape index (κ3) is 1.27. The average Bonchev–Trinajstić information content (AvgIpc) is 2.59. The molecule has 70 valence electrons. The van der Waals surface area contributed by atoms with E-state index in [9.17, 15) is 0 Å². The van der Waals surface area contributed by atoms with Crippen LogP contribution in [-0.2, 0) is 0 Å². The van der Waals surface area contributed by atoms with Crippen LogP contribution in [0.15, 0.2) is 0 Å². The smallest absolute Gasteiger partial charge is 0.0159 e. The number of likely N-dealkylation sites (tertiary alicyclic amines) is 1. The summed E-state index contributed by atoms with van der Waals surface area (Å²) in [5, 5.41) is 3.48. The fourth-order valence-electron chi connectivity index (χ4n) is 2.91. The maximum atomic E-state index is 3.48. The third-order valence-corrected chi connectivity index (χ3v) is 3.73. The maximum absolute atomic E-state index is 3.48. The predicted octanol–water partition coefficient (Wildman–Crippen LogP) is 1.08. The second kappa shape index (κ2) is 3.00. The lowest BCUT2D eigenvalue weighted by Crippen LogP contribution is -2.41. The Hall–Kier alpha value is -0.0800. The van der Waals surface area contributed by atoms with E-state index in [1.54, 1.807) is 0 Å². The van der Waals surface area contributed by atoms with Gasteiger partial charge in [-0.05, 0) is 44.8 Å². The minimum absolute atomic E-state index is 0.561. The van der Waals surface area contributed by atoms with Crippen LogP contribution >= 0.6 is 0 Å². The Labute approximate surface area is 75.3 Å². The molecular formula is C10H20N2. The van der Waals surface area contributed by atoms with Crippen molar-refractivity contribution >= 4 is 0 Å². The Bertz CT molecular complexity index is 161. The summed E-state index contributed by atoms with van der Waals surface area (Å²) in [5.41, 5.74) is 0.561. The van der Waals surface area contributed by atoms with E-state index in [1.165, 1.54) is 38.9 Å². The van der Waals surface area contributed by atoms with Gasteiger partial charge < -0.3 is 10.2 Å². The average molecular weight is 168 g/mol. The maximum Gasteiger partial charge on any atom is 0.0159 e. The third-order valence-electron chi connectivity index (χ3n) is 3.73. The van der Waals surface area contributed by atoms with Gasteiger partial charge in [-0.3, -0.25) is 0 Å². The van der Waals surface area contributed by atoms with Crippen LogP contribution in [0, 0.1) is 5.41 Å². The Balaban J connectivity index is 2.06. The molecule has 2 heteroatoms. The summed E-state index contributed by atoms with van der Waals surface area (Å²) in [6, 6.07) is 0.840. The topological polar surface area (TPSA) is 15.3 Å². The summed E-state index contributed by atoms with van der Waals surface area (Å²) in [6.07, 6.45) is 4.17. The minimum atomic E-state index is 0.561. The fraction of sp³-hybridized carbons (Fsp3) is 1.00. The van der Waals surface area contributed by atoms with E-state index in [0.717, 1.165) is 6.04 Å². The molecule has 0 aromatic rings. The first-order valence-electron chi connectivity index (χ1n) is 5.13. The molecule has 0 bridgehead atoms. The van der Waals surface area contributed by atoms with Crippen molar-refractivity contribution in [3.05, 3.63) is 0 Å². The lowest BCUT2D eigenvalue weighted by Gasteiger charge is -2.35. The number of nitrogens with one attached hydrogen (secondary N) is 1. The second-order valence-corrected chi connectivity index (χ2v) is 4.72. The Morgan fingerprint density at radius 3 is 2.83 bits per heavy atom. The van der Waals surface area contributed by atoms with E-state index >= 15 is 0 Å². The van der Waals surface area contributed by atoms with Gasteiger partial charge in [-0.2, -0.15) is 0 Å². The molecule has 12 heavy (non-hydrogen) atoms. The fourth-order valence-corrected chi connectivity index (χ4v) is 2.91. The molecule has 0 aromatic heterocycles. The van der Waals surface area contributed by atoms with Crippen molar-refractivity contribution in [2.75, 3.05) is 26.7 Å². The van der Waals surface area contributed by atoms with E-state index < -0.39 is 0 Å². The molecule has 2 aliphatic heterocycles. The van der Waals surface area contributed by atoms with E-state index in [-0.39, 0.29) is 0 Å². The van der Waals surface area contributed by atoms with Gasteiger partial charge in [-0.15, -0.1) is 0 Å². The molecule has 0 amide bonds. The van der Waals surface area contributed by atoms with Gasteiger partial charge in [0.05, 0.1) is 0 Å². The molecule has 0 saturated carbocycles. The zero-order chi connectivity index (χ0) is 8.60. The van der Waals surface area contributed by atoms with Gasteiger partial charge in [-0.25, -0.2) is 0 Å². The van der Waals surface area contributed by atoms with Gasteiger partial charge in [-0.1, -0.05) is 6.92 Å². The molecule has 2 saturated heterocycles. The molecule has 0 aromatic carbocycles. The largest absolute Gasteiger partial charge is 0.316 e. The van der Waals surface area contributed by atoms with Crippen molar-refractivity contribution in [1.82, 2.24) is 10.2 Å². The van der Waals surface area contributed by atoms with Crippen molar-refractivity contribution < 1.29 is 0 Å². The van der Waals surface area contributed by atoms with Gasteiger partial charge >= 0.3 is 0 Å². The summed E-state index contributed by atoms with van der Waals surface area (Å²) in [4.78, 5) is 2.55. The zero-order valence-corrected chi connectivity index (χ0v) is 8.27. The second-order valence-electron chi connectivity index (χ2n) is 4.72. The number of hydrogen-bond donors (Lipinski definition) is 1. The minimum Gasteiger partial charge on any atom is -0.316 e. The van der Waals surface area contributed by atoms with Crippen LogP contribution in [0.3, 0.4) is 0 Å². The molecule has 0 radical (unpaired) electrons. The predicted molar refractivity (Wildman–Crippen MR) is 51.2 cm³/mol. The van der Waals surface area contributed by atoms with Crippen molar-refractivity contribution in [3.8, 4) is 0 Å². The van der Waals surface area contributed by atoms with Gasteiger partial charge in [0.25, 0.3) is 0 Å². The van der Waals surface area contributed by atoms with Crippen LogP contribution in [-0.4, -0.2) is 37.6 Å². The normalized spacial score (nSPS) is 44.0. The Morgan fingerprint density at radius 2 is 2.33 bits per heavy atom. The van der Waals surface area contributed by atoms with Gasteiger partial charge in [0, 0.05) is 12.6 Å². The highest BCUT2D eigenvalue weighted by atomic mass is 15.2. The summed E-state index contributed by atoms with van der Waals surface area (Å²) >= 11 is 0. The Morgan fingerprint density at radius 1 is 1.50 bits per heavy atom. The lowest BCUT2D eigenvalue weighted by atomic mass is 9.80. The standard InChI is InChI=1S/C10H20N2/c1-10(5-6-11-8-10)9-4-3-7-12(9)2/h9,11H,3-8H2,1-2H3/t9-,10+/m0/s1. The number of rotatable bonds is 1. The molecule has 2 fully saturated rings. The lowest BCUT2D eigenvalue weighted by molar-refractivity contribution is 0.151. The van der Waals surface area contributed by atoms with Crippen molar-refractivity contribution in [1.29, 1.82) is 0 Å². The van der Waals surface area contributed by atoms with Gasteiger partial charge in [0.1, 0.15) is 0 Å². The highest BCUT2D eigenvalue weighted by molar-refractivity contribution is 4.96. The van der Waals surface area contributed by atoms with Crippen LogP contribution < -0.4 is 5.32 Å². The summed E-state index contributed by atoms with van der Waals surface area (Å²) in [6.45, 7) is 6.20. The zero-order valence-electron chi connectivity index (χ0n) is 8.27. The van der Waals surface area contributed by atoms with Gasteiger partial charge in [0.15, 0.2) is 0 Å². The molecule has 0 unspecified atom stereocenters. The summed E-state index contributed by atoms with van der Waals surface area (Å²) < 4.78 is 0. The Kier molecular flexibility index (Phi) is 2.13. The summed E-state index contributed by atoms with van der Waals surface area (Å²) in [5.74, 6) is 0. The van der Waals surface area contributed by atoms with E-state index in [4.69, 9.17) is 0 Å². The first-order chi connectivity index (χ1) is 5.72. The molecule has 2 atom stereocenters. The molecule has 2 rings (SSSR count). The first kappa shape index (κ1) is 8.52. The monoisotopic (exact) mass is 168 g/mol. The molecule has 2 nitrogen and oxygen atoms in total.